The standard InChI is InChI=1S/C16H24N2O3/c1-11(2)7-4-5-10-17-16(21)18-14-9-6-8-13(12(14)3)15(19)20/h6,8-9,11H,4-5,7,10H2,1-3H3,(H,19,20)(H2,17,18,21). The van der Waals surface area contributed by atoms with Crippen molar-refractivity contribution in [2.45, 2.75) is 40.0 Å². The molecule has 0 aromatic heterocycles. The van der Waals surface area contributed by atoms with Crippen LogP contribution in [0.4, 0.5) is 10.5 Å². The van der Waals surface area contributed by atoms with Gasteiger partial charge in [0.25, 0.3) is 0 Å². The first-order valence-electron chi connectivity index (χ1n) is 7.29. The zero-order chi connectivity index (χ0) is 15.8. The summed E-state index contributed by atoms with van der Waals surface area (Å²) in [4.78, 5) is 22.8. The second-order valence-electron chi connectivity index (χ2n) is 5.55. The highest BCUT2D eigenvalue weighted by Crippen LogP contribution is 2.18. The molecule has 3 N–H and O–H groups in total. The molecule has 5 heteroatoms. The summed E-state index contributed by atoms with van der Waals surface area (Å²) in [6.45, 7) is 6.66. The van der Waals surface area contributed by atoms with Crippen LogP contribution in [0.1, 0.15) is 49.0 Å². The summed E-state index contributed by atoms with van der Waals surface area (Å²) < 4.78 is 0. The molecule has 0 fully saturated rings. The number of hydrogen-bond donors (Lipinski definition) is 3. The van der Waals surface area contributed by atoms with E-state index >= 15 is 0 Å². The number of carboxylic acids is 1. The van der Waals surface area contributed by atoms with Gasteiger partial charge in [0.15, 0.2) is 0 Å². The minimum Gasteiger partial charge on any atom is -0.478 e. The second kappa shape index (κ2) is 8.29. The van der Waals surface area contributed by atoms with Crippen molar-refractivity contribution in [2.75, 3.05) is 11.9 Å². The van der Waals surface area contributed by atoms with Gasteiger partial charge in [-0.1, -0.05) is 32.8 Å². The number of hydrogen-bond acceptors (Lipinski definition) is 2. The molecular formula is C16H24N2O3. The molecule has 0 spiro atoms. The molecule has 1 aromatic rings. The molecule has 0 aliphatic rings. The van der Waals surface area contributed by atoms with Crippen molar-refractivity contribution in [1.29, 1.82) is 0 Å². The molecule has 0 radical (unpaired) electrons. The van der Waals surface area contributed by atoms with E-state index < -0.39 is 5.97 Å². The summed E-state index contributed by atoms with van der Waals surface area (Å²) >= 11 is 0. The summed E-state index contributed by atoms with van der Waals surface area (Å²) in [6, 6.07) is 4.53. The van der Waals surface area contributed by atoms with E-state index in [0.29, 0.717) is 23.7 Å². The van der Waals surface area contributed by atoms with Crippen LogP contribution >= 0.6 is 0 Å². The van der Waals surface area contributed by atoms with Crippen LogP contribution < -0.4 is 10.6 Å². The Bertz CT molecular complexity index is 498. The number of carboxylic acid groups (broad SMARTS) is 1. The van der Waals surface area contributed by atoms with E-state index in [-0.39, 0.29) is 11.6 Å². The van der Waals surface area contributed by atoms with E-state index in [1.165, 1.54) is 6.07 Å². The van der Waals surface area contributed by atoms with Gasteiger partial charge in [-0.15, -0.1) is 0 Å². The molecule has 21 heavy (non-hydrogen) atoms. The van der Waals surface area contributed by atoms with Gasteiger partial charge in [0.2, 0.25) is 0 Å². The molecule has 1 rings (SSSR count). The van der Waals surface area contributed by atoms with Gasteiger partial charge in [0.05, 0.1) is 5.56 Å². The van der Waals surface area contributed by atoms with E-state index in [2.05, 4.69) is 24.5 Å². The van der Waals surface area contributed by atoms with E-state index in [1.54, 1.807) is 19.1 Å². The zero-order valence-corrected chi connectivity index (χ0v) is 12.9. The Morgan fingerprint density at radius 3 is 2.57 bits per heavy atom. The second-order valence-corrected chi connectivity index (χ2v) is 5.55. The maximum absolute atomic E-state index is 11.8. The summed E-state index contributed by atoms with van der Waals surface area (Å²) in [5.41, 5.74) is 1.28. The molecule has 0 unspecified atom stereocenters. The first kappa shape index (κ1) is 17.0. The summed E-state index contributed by atoms with van der Waals surface area (Å²) in [5.74, 6) is -0.314. The highest BCUT2D eigenvalue weighted by molar-refractivity contribution is 5.95. The van der Waals surface area contributed by atoms with E-state index in [0.717, 1.165) is 19.3 Å². The van der Waals surface area contributed by atoms with Gasteiger partial charge in [-0.3, -0.25) is 0 Å². The fourth-order valence-electron chi connectivity index (χ4n) is 2.05. The molecule has 0 saturated heterocycles. The third-order valence-corrected chi connectivity index (χ3v) is 3.31. The van der Waals surface area contributed by atoms with E-state index in [4.69, 9.17) is 5.11 Å². The number of carbonyl (C=O) groups is 2. The lowest BCUT2D eigenvalue weighted by Crippen LogP contribution is -2.30. The third-order valence-electron chi connectivity index (χ3n) is 3.31. The molecule has 116 valence electrons. The Balaban J connectivity index is 2.45. The average molecular weight is 292 g/mol. The maximum atomic E-state index is 11.8. The maximum Gasteiger partial charge on any atom is 0.336 e. The Labute approximate surface area is 125 Å². The molecule has 1 aromatic carbocycles. The van der Waals surface area contributed by atoms with Gasteiger partial charge in [0, 0.05) is 12.2 Å². The van der Waals surface area contributed by atoms with Gasteiger partial charge in [-0.2, -0.15) is 0 Å². The zero-order valence-electron chi connectivity index (χ0n) is 12.9. The van der Waals surface area contributed by atoms with E-state index in [1.807, 2.05) is 0 Å². The van der Waals surface area contributed by atoms with Crippen LogP contribution in [-0.4, -0.2) is 23.7 Å². The number of carbonyl (C=O) groups excluding carboxylic acids is 1. The summed E-state index contributed by atoms with van der Waals surface area (Å²) in [5, 5.41) is 14.5. The van der Waals surface area contributed by atoms with Crippen LogP contribution in [0.25, 0.3) is 0 Å². The Hall–Kier alpha value is -2.04. The number of rotatable bonds is 7. The molecule has 2 amide bonds. The molecule has 5 nitrogen and oxygen atoms in total. The molecule has 0 aliphatic heterocycles. The van der Waals surface area contributed by atoms with Crippen molar-refractivity contribution in [3.05, 3.63) is 29.3 Å². The minimum atomic E-state index is -0.995. The monoisotopic (exact) mass is 292 g/mol. The third kappa shape index (κ3) is 5.85. The lowest BCUT2D eigenvalue weighted by molar-refractivity contribution is 0.0696. The van der Waals surface area contributed by atoms with Gasteiger partial charge in [0.1, 0.15) is 0 Å². The van der Waals surface area contributed by atoms with Crippen molar-refractivity contribution in [3.8, 4) is 0 Å². The van der Waals surface area contributed by atoms with Crippen molar-refractivity contribution < 1.29 is 14.7 Å². The normalized spacial score (nSPS) is 10.5. The number of nitrogens with one attached hydrogen (secondary N) is 2. The topological polar surface area (TPSA) is 78.4 Å². The lowest BCUT2D eigenvalue weighted by Gasteiger charge is -2.11. The number of anilines is 1. The highest BCUT2D eigenvalue weighted by Gasteiger charge is 2.11. The van der Waals surface area contributed by atoms with Crippen molar-refractivity contribution in [2.24, 2.45) is 5.92 Å². The highest BCUT2D eigenvalue weighted by atomic mass is 16.4. The summed E-state index contributed by atoms with van der Waals surface area (Å²) in [6.07, 6.45) is 3.19. The number of benzene rings is 1. The molecule has 0 saturated carbocycles. The van der Waals surface area contributed by atoms with Gasteiger partial charge in [-0.05, 0) is 37.0 Å². The Kier molecular flexibility index (Phi) is 6.72. The fourth-order valence-corrected chi connectivity index (χ4v) is 2.05. The minimum absolute atomic E-state index is 0.199. The van der Waals surface area contributed by atoms with Crippen LogP contribution in [0, 0.1) is 12.8 Å². The average Bonchev–Trinajstić information content (AvgIpc) is 2.40. The predicted molar refractivity (Wildman–Crippen MR) is 83.8 cm³/mol. The number of urea groups is 1. The van der Waals surface area contributed by atoms with Gasteiger partial charge < -0.3 is 15.7 Å². The first-order chi connectivity index (χ1) is 9.91. The molecule has 0 aliphatic carbocycles. The van der Waals surface area contributed by atoms with Crippen LogP contribution in [0.5, 0.6) is 0 Å². The molecule has 0 bridgehead atoms. The SMILES string of the molecule is Cc1c(NC(=O)NCCCCC(C)C)cccc1C(=O)O. The van der Waals surface area contributed by atoms with Crippen molar-refractivity contribution in [3.63, 3.8) is 0 Å². The van der Waals surface area contributed by atoms with Crippen LogP contribution in [0.15, 0.2) is 18.2 Å². The van der Waals surface area contributed by atoms with E-state index in [9.17, 15) is 9.59 Å². The van der Waals surface area contributed by atoms with Crippen molar-refractivity contribution in [1.82, 2.24) is 5.32 Å². The van der Waals surface area contributed by atoms with Crippen molar-refractivity contribution >= 4 is 17.7 Å². The lowest BCUT2D eigenvalue weighted by atomic mass is 10.1. The Morgan fingerprint density at radius 1 is 1.24 bits per heavy atom. The molecule has 0 heterocycles. The van der Waals surface area contributed by atoms with Crippen LogP contribution in [0.2, 0.25) is 0 Å². The van der Waals surface area contributed by atoms with Gasteiger partial charge in [-0.25, -0.2) is 9.59 Å². The van der Waals surface area contributed by atoms with Gasteiger partial charge >= 0.3 is 12.0 Å². The number of aromatic carboxylic acids is 1. The summed E-state index contributed by atoms with van der Waals surface area (Å²) in [7, 11) is 0. The van der Waals surface area contributed by atoms with Crippen LogP contribution in [0.3, 0.4) is 0 Å². The quantitative estimate of drug-likeness (QED) is 0.671. The number of amides is 2. The Morgan fingerprint density at radius 2 is 1.95 bits per heavy atom. The van der Waals surface area contributed by atoms with Crippen LogP contribution in [-0.2, 0) is 0 Å². The molecule has 0 atom stereocenters. The predicted octanol–water partition coefficient (Wildman–Crippen LogP) is 3.64. The largest absolute Gasteiger partial charge is 0.478 e. The smallest absolute Gasteiger partial charge is 0.336 e. The number of unbranched alkanes of at least 4 members (excludes halogenated alkanes) is 1. The molecular weight excluding hydrogens is 268 g/mol. The fraction of sp³-hybridized carbons (Fsp3) is 0.500. The first-order valence-corrected chi connectivity index (χ1v) is 7.29.